The van der Waals surface area contributed by atoms with Gasteiger partial charge in [0.2, 0.25) is 0 Å². The first-order valence-electron chi connectivity index (χ1n) is 4.40. The third-order valence-electron chi connectivity index (χ3n) is 3.53. The number of hydrogen-bond donors (Lipinski definition) is 0. The molecule has 3 aliphatic rings. The number of hydrogen-bond acceptors (Lipinski definition) is 0. The van der Waals surface area contributed by atoms with Gasteiger partial charge in [-0.05, 0) is 41.0 Å². The molecule has 11 heavy (non-hydrogen) atoms. The zero-order valence-electron chi connectivity index (χ0n) is 6.33. The van der Waals surface area contributed by atoms with Gasteiger partial charge in [-0.25, -0.2) is 0 Å². The highest BCUT2D eigenvalue weighted by molar-refractivity contribution is 9.11. The lowest BCUT2D eigenvalue weighted by Gasteiger charge is -2.21. The molecule has 2 bridgehead atoms. The predicted octanol–water partition coefficient (Wildman–Crippen LogP) is 3.11. The van der Waals surface area contributed by atoms with E-state index >= 15 is 0 Å². The molecule has 3 rings (SSSR count). The van der Waals surface area contributed by atoms with Crippen LogP contribution in [0, 0.1) is 23.7 Å². The minimum Gasteiger partial charge on any atom is -0.0879 e. The van der Waals surface area contributed by atoms with Crippen molar-refractivity contribution in [3.05, 3.63) is 22.7 Å². The van der Waals surface area contributed by atoms with Gasteiger partial charge in [-0.3, -0.25) is 0 Å². The van der Waals surface area contributed by atoms with Crippen LogP contribution in [0.25, 0.3) is 0 Å². The second-order valence-corrected chi connectivity index (χ2v) is 4.88. The molecule has 1 heteroatoms. The van der Waals surface area contributed by atoms with Gasteiger partial charge < -0.3 is 0 Å². The lowest BCUT2D eigenvalue weighted by molar-refractivity contribution is 0.395. The summed E-state index contributed by atoms with van der Waals surface area (Å²) in [5.74, 6) is 3.61. The van der Waals surface area contributed by atoms with Crippen LogP contribution in [0.1, 0.15) is 12.8 Å². The van der Waals surface area contributed by atoms with Gasteiger partial charge >= 0.3 is 0 Å². The molecule has 0 aromatic heterocycles. The lowest BCUT2D eigenvalue weighted by atomic mass is 9.86. The summed E-state index contributed by atoms with van der Waals surface area (Å²) in [6.07, 6.45) is 9.98. The molecule has 0 saturated heterocycles. The summed E-state index contributed by atoms with van der Waals surface area (Å²) in [5.41, 5.74) is 0. The van der Waals surface area contributed by atoms with Crippen molar-refractivity contribution in [2.45, 2.75) is 12.8 Å². The number of fused-ring (bicyclic) bond motifs is 5. The Morgan fingerprint density at radius 1 is 1.45 bits per heavy atom. The van der Waals surface area contributed by atoms with E-state index in [-0.39, 0.29) is 0 Å². The Morgan fingerprint density at radius 2 is 2.36 bits per heavy atom. The molecule has 0 nitrogen and oxygen atoms in total. The van der Waals surface area contributed by atoms with E-state index in [1.165, 1.54) is 17.3 Å². The van der Waals surface area contributed by atoms with Crippen LogP contribution < -0.4 is 0 Å². The average molecular weight is 211 g/mol. The first-order valence-corrected chi connectivity index (χ1v) is 5.19. The highest BCUT2D eigenvalue weighted by Gasteiger charge is 2.47. The molecule has 0 unspecified atom stereocenters. The third-order valence-corrected chi connectivity index (χ3v) is 4.38. The Bertz CT molecular complexity index is 252. The van der Waals surface area contributed by atoms with Gasteiger partial charge in [0.05, 0.1) is 0 Å². The summed E-state index contributed by atoms with van der Waals surface area (Å²) in [5, 5.41) is 0. The van der Waals surface area contributed by atoms with E-state index in [2.05, 4.69) is 34.2 Å². The lowest BCUT2D eigenvalue weighted by Crippen LogP contribution is -2.14. The maximum atomic E-state index is 3.67. The van der Waals surface area contributed by atoms with Crippen LogP contribution in [0.4, 0.5) is 0 Å². The molecular formula is C10H11Br. The van der Waals surface area contributed by atoms with Crippen molar-refractivity contribution in [1.29, 1.82) is 0 Å². The Morgan fingerprint density at radius 3 is 3.27 bits per heavy atom. The van der Waals surface area contributed by atoms with Gasteiger partial charge in [-0.1, -0.05) is 34.2 Å². The van der Waals surface area contributed by atoms with E-state index < -0.39 is 0 Å². The molecule has 0 aliphatic heterocycles. The van der Waals surface area contributed by atoms with Crippen molar-refractivity contribution in [2.24, 2.45) is 23.7 Å². The zero-order valence-corrected chi connectivity index (χ0v) is 7.92. The molecule has 4 atom stereocenters. The van der Waals surface area contributed by atoms with Crippen LogP contribution >= 0.6 is 15.9 Å². The fourth-order valence-electron chi connectivity index (χ4n) is 3.03. The molecule has 0 amide bonds. The van der Waals surface area contributed by atoms with Crippen molar-refractivity contribution in [3.8, 4) is 0 Å². The molecule has 0 aromatic rings. The van der Waals surface area contributed by atoms with E-state index in [0.29, 0.717) is 0 Å². The van der Waals surface area contributed by atoms with Gasteiger partial charge in [-0.15, -0.1) is 0 Å². The van der Waals surface area contributed by atoms with Crippen LogP contribution in [0.3, 0.4) is 0 Å². The molecule has 0 aromatic carbocycles. The molecule has 1 fully saturated rings. The van der Waals surface area contributed by atoms with Crippen LogP contribution in [0.5, 0.6) is 0 Å². The Kier molecular flexibility index (Phi) is 1.18. The van der Waals surface area contributed by atoms with Gasteiger partial charge in [-0.2, -0.15) is 0 Å². The van der Waals surface area contributed by atoms with Crippen molar-refractivity contribution < 1.29 is 0 Å². The van der Waals surface area contributed by atoms with Gasteiger partial charge in [0.15, 0.2) is 0 Å². The minimum atomic E-state index is 0.873. The second-order valence-electron chi connectivity index (χ2n) is 3.96. The summed E-state index contributed by atoms with van der Waals surface area (Å²) in [6.45, 7) is 0. The third kappa shape index (κ3) is 0.703. The van der Waals surface area contributed by atoms with E-state index in [1.807, 2.05) is 0 Å². The van der Waals surface area contributed by atoms with Crippen molar-refractivity contribution in [3.63, 3.8) is 0 Å². The molecule has 58 valence electrons. The van der Waals surface area contributed by atoms with Gasteiger partial charge in [0.1, 0.15) is 0 Å². The maximum Gasteiger partial charge on any atom is -0.00519 e. The van der Waals surface area contributed by atoms with E-state index in [9.17, 15) is 0 Å². The zero-order chi connectivity index (χ0) is 7.42. The van der Waals surface area contributed by atoms with Crippen LogP contribution in [0.15, 0.2) is 22.7 Å². The maximum absolute atomic E-state index is 3.67. The van der Waals surface area contributed by atoms with Gasteiger partial charge in [0.25, 0.3) is 0 Å². The fourth-order valence-corrected chi connectivity index (χ4v) is 3.90. The Labute approximate surface area is 75.5 Å². The molecule has 1 saturated carbocycles. The molecule has 0 heterocycles. The normalized spacial score (nSPS) is 51.5. The first-order chi connectivity index (χ1) is 5.36. The van der Waals surface area contributed by atoms with Crippen LogP contribution in [-0.4, -0.2) is 0 Å². The highest BCUT2D eigenvalue weighted by Crippen LogP contribution is 2.56. The van der Waals surface area contributed by atoms with Crippen molar-refractivity contribution >= 4 is 15.9 Å². The summed E-state index contributed by atoms with van der Waals surface area (Å²) in [6, 6.07) is 0. The summed E-state index contributed by atoms with van der Waals surface area (Å²) >= 11 is 3.67. The molecule has 3 aliphatic carbocycles. The standard InChI is InChI=1S/C10H11Br/c11-10-5-6-4-9(10)8-3-1-2-7(6)8/h1-2,5-9H,3-4H2/t6-,7+,8-,9-/m0/s1. The SMILES string of the molecule is BrC1=C[C@@H]2C[C@H]1[C@H]1CC=C[C@@H]12. The highest BCUT2D eigenvalue weighted by atomic mass is 79.9. The van der Waals surface area contributed by atoms with E-state index in [1.54, 1.807) is 0 Å². The molecular weight excluding hydrogens is 200 g/mol. The quantitative estimate of drug-likeness (QED) is 0.540. The number of allylic oxidation sites excluding steroid dienone is 4. The predicted molar refractivity (Wildman–Crippen MR) is 49.3 cm³/mol. The number of rotatable bonds is 0. The van der Waals surface area contributed by atoms with Crippen LogP contribution in [-0.2, 0) is 0 Å². The first kappa shape index (κ1) is 6.47. The summed E-state index contributed by atoms with van der Waals surface area (Å²) in [4.78, 5) is 0. The largest absolute Gasteiger partial charge is 0.0879 e. The Hall–Kier alpha value is -0.0400. The molecule has 0 radical (unpaired) electrons. The summed E-state index contributed by atoms with van der Waals surface area (Å²) < 4.78 is 1.49. The fraction of sp³-hybridized carbons (Fsp3) is 0.600. The second kappa shape index (κ2) is 2.01. The monoisotopic (exact) mass is 210 g/mol. The topological polar surface area (TPSA) is 0 Å². The van der Waals surface area contributed by atoms with Crippen molar-refractivity contribution in [1.82, 2.24) is 0 Å². The van der Waals surface area contributed by atoms with E-state index in [0.717, 1.165) is 23.7 Å². The van der Waals surface area contributed by atoms with Gasteiger partial charge in [0, 0.05) is 0 Å². The van der Waals surface area contributed by atoms with Crippen molar-refractivity contribution in [2.75, 3.05) is 0 Å². The summed E-state index contributed by atoms with van der Waals surface area (Å²) in [7, 11) is 0. The Balaban J connectivity index is 2.03. The molecule has 0 spiro atoms. The number of halogens is 1. The smallest absolute Gasteiger partial charge is 0.00519 e. The minimum absolute atomic E-state index is 0.873. The van der Waals surface area contributed by atoms with Crippen LogP contribution in [0.2, 0.25) is 0 Å². The average Bonchev–Trinajstić information content (AvgIpc) is 2.52. The molecule has 0 N–H and O–H groups in total. The van der Waals surface area contributed by atoms with E-state index in [4.69, 9.17) is 0 Å².